The van der Waals surface area contributed by atoms with E-state index in [2.05, 4.69) is 32.3 Å². The van der Waals surface area contributed by atoms with Crippen LogP contribution in [0.25, 0.3) is 5.82 Å². The van der Waals surface area contributed by atoms with E-state index in [9.17, 15) is 5.11 Å². The van der Waals surface area contributed by atoms with Gasteiger partial charge in [-0.1, -0.05) is 6.07 Å². The second kappa shape index (κ2) is 6.54. The number of anilines is 1. The second-order valence-electron chi connectivity index (χ2n) is 6.17. The van der Waals surface area contributed by atoms with E-state index < -0.39 is 0 Å². The van der Waals surface area contributed by atoms with Crippen LogP contribution in [0.3, 0.4) is 0 Å². The Balaban J connectivity index is 1.42. The molecular formula is C18H20N6O. The lowest BCUT2D eigenvalue weighted by molar-refractivity contribution is 0.475. The maximum Gasteiger partial charge on any atom is 0.153 e. The highest BCUT2D eigenvalue weighted by atomic mass is 16.3. The van der Waals surface area contributed by atoms with Crippen molar-refractivity contribution in [3.05, 3.63) is 66.1 Å². The van der Waals surface area contributed by atoms with Crippen molar-refractivity contribution < 1.29 is 5.11 Å². The Morgan fingerprint density at radius 1 is 1.24 bits per heavy atom. The Morgan fingerprint density at radius 3 is 2.88 bits per heavy atom. The Hall–Kier alpha value is -2.90. The van der Waals surface area contributed by atoms with E-state index in [1.807, 2.05) is 37.5 Å². The highest BCUT2D eigenvalue weighted by Crippen LogP contribution is 2.25. The third-order valence-corrected chi connectivity index (χ3v) is 4.36. The molecule has 0 amide bonds. The number of hydrogen-bond donors (Lipinski definition) is 4. The van der Waals surface area contributed by atoms with Crippen molar-refractivity contribution in [1.82, 2.24) is 25.6 Å². The monoisotopic (exact) mass is 336 g/mol. The molecule has 4 N–H and O–H groups in total. The lowest BCUT2D eigenvalue weighted by Crippen LogP contribution is -2.36. The normalized spacial score (nSPS) is 19.9. The number of nitrogens with zero attached hydrogens (tertiary/aromatic N) is 3. The predicted octanol–water partition coefficient (Wildman–Crippen LogP) is 2.26. The topological polar surface area (TPSA) is 87.0 Å². The zero-order valence-corrected chi connectivity index (χ0v) is 13.8. The van der Waals surface area contributed by atoms with Crippen LogP contribution in [-0.4, -0.2) is 26.0 Å². The molecule has 1 aliphatic rings. The van der Waals surface area contributed by atoms with Crippen LogP contribution in [0.15, 0.2) is 55.0 Å². The van der Waals surface area contributed by atoms with E-state index in [0.717, 1.165) is 29.1 Å². The maximum absolute atomic E-state index is 9.51. The number of phenols is 1. The molecule has 2 aromatic heterocycles. The number of phenolic OH excluding ortho intramolecular Hbond substituents is 1. The summed E-state index contributed by atoms with van der Waals surface area (Å²) in [4.78, 5) is 4.48. The van der Waals surface area contributed by atoms with Crippen LogP contribution in [0, 0.1) is 6.92 Å². The number of hydrazine groups is 1. The molecule has 25 heavy (non-hydrogen) atoms. The van der Waals surface area contributed by atoms with Crippen molar-refractivity contribution in [2.75, 3.05) is 5.32 Å². The van der Waals surface area contributed by atoms with Gasteiger partial charge in [-0.05, 0) is 48.4 Å². The van der Waals surface area contributed by atoms with Gasteiger partial charge in [-0.2, -0.15) is 5.10 Å². The first-order chi connectivity index (χ1) is 12.2. The molecule has 2 unspecified atom stereocenters. The Morgan fingerprint density at radius 2 is 2.16 bits per heavy atom. The first-order valence-corrected chi connectivity index (χ1v) is 8.22. The SMILES string of the molecule is Cc1cc(O)ccc1NC1CC(c2ccc(-n3cccn3)nc2)NN1. The quantitative estimate of drug-likeness (QED) is 0.547. The van der Waals surface area contributed by atoms with Crippen LogP contribution in [0.2, 0.25) is 0 Å². The summed E-state index contributed by atoms with van der Waals surface area (Å²) in [5.74, 6) is 1.08. The summed E-state index contributed by atoms with van der Waals surface area (Å²) in [5.41, 5.74) is 9.71. The number of nitrogens with one attached hydrogen (secondary N) is 3. The maximum atomic E-state index is 9.51. The van der Waals surface area contributed by atoms with Crippen molar-refractivity contribution in [2.24, 2.45) is 0 Å². The van der Waals surface area contributed by atoms with E-state index in [4.69, 9.17) is 0 Å². The lowest BCUT2D eigenvalue weighted by atomic mass is 10.1. The van der Waals surface area contributed by atoms with Crippen LogP contribution in [-0.2, 0) is 0 Å². The van der Waals surface area contributed by atoms with Gasteiger partial charge in [0.2, 0.25) is 0 Å². The second-order valence-corrected chi connectivity index (χ2v) is 6.17. The molecule has 1 fully saturated rings. The van der Waals surface area contributed by atoms with Gasteiger partial charge in [-0.15, -0.1) is 0 Å². The van der Waals surface area contributed by atoms with Crippen molar-refractivity contribution in [3.8, 4) is 11.6 Å². The molecule has 3 heterocycles. The van der Waals surface area contributed by atoms with Gasteiger partial charge in [0.1, 0.15) is 5.75 Å². The molecule has 1 aliphatic heterocycles. The number of benzene rings is 1. The highest BCUT2D eigenvalue weighted by molar-refractivity contribution is 5.54. The van der Waals surface area contributed by atoms with Gasteiger partial charge < -0.3 is 10.4 Å². The van der Waals surface area contributed by atoms with E-state index in [-0.39, 0.29) is 18.0 Å². The summed E-state index contributed by atoms with van der Waals surface area (Å²) < 4.78 is 1.74. The molecule has 0 saturated carbocycles. The molecule has 3 aromatic rings. The van der Waals surface area contributed by atoms with Crippen molar-refractivity contribution >= 4 is 5.69 Å². The van der Waals surface area contributed by atoms with E-state index in [1.54, 1.807) is 23.0 Å². The molecule has 1 saturated heterocycles. The summed E-state index contributed by atoms with van der Waals surface area (Å²) in [6, 6.07) is 11.4. The molecule has 7 heteroatoms. The van der Waals surface area contributed by atoms with Crippen molar-refractivity contribution in [1.29, 1.82) is 0 Å². The molecule has 0 aliphatic carbocycles. The minimum Gasteiger partial charge on any atom is -0.508 e. The predicted molar refractivity (Wildman–Crippen MR) is 95.2 cm³/mol. The fourth-order valence-corrected chi connectivity index (χ4v) is 3.01. The van der Waals surface area contributed by atoms with Gasteiger partial charge in [0.25, 0.3) is 0 Å². The summed E-state index contributed by atoms with van der Waals surface area (Å²) >= 11 is 0. The number of aromatic nitrogens is 3. The van der Waals surface area contributed by atoms with E-state index in [1.165, 1.54) is 0 Å². The third-order valence-electron chi connectivity index (χ3n) is 4.36. The van der Waals surface area contributed by atoms with Gasteiger partial charge in [-0.25, -0.2) is 20.5 Å². The third kappa shape index (κ3) is 3.33. The van der Waals surface area contributed by atoms with Crippen LogP contribution in [0.1, 0.15) is 23.6 Å². The highest BCUT2D eigenvalue weighted by Gasteiger charge is 2.25. The molecule has 0 spiro atoms. The minimum absolute atomic E-state index is 0.0963. The van der Waals surface area contributed by atoms with Gasteiger partial charge >= 0.3 is 0 Å². The van der Waals surface area contributed by atoms with Crippen LogP contribution in [0.4, 0.5) is 5.69 Å². The Bertz CT molecular complexity index is 847. The van der Waals surface area contributed by atoms with E-state index >= 15 is 0 Å². The first-order valence-electron chi connectivity index (χ1n) is 8.22. The standard InChI is InChI=1S/C18H20N6O/c1-12-9-14(25)4-5-15(12)21-17-10-16(22-23-17)13-3-6-18(19-11-13)24-8-2-7-20-24/h2-9,11,16-17,21-23,25H,10H2,1H3. The van der Waals surface area contributed by atoms with Crippen molar-refractivity contribution in [3.63, 3.8) is 0 Å². The van der Waals surface area contributed by atoms with Crippen LogP contribution >= 0.6 is 0 Å². The largest absolute Gasteiger partial charge is 0.508 e. The molecule has 2 atom stereocenters. The molecule has 1 aromatic carbocycles. The smallest absolute Gasteiger partial charge is 0.153 e. The van der Waals surface area contributed by atoms with Gasteiger partial charge in [0.15, 0.2) is 5.82 Å². The molecule has 0 bridgehead atoms. The summed E-state index contributed by atoms with van der Waals surface area (Å²) in [6.07, 6.45) is 6.46. The molecule has 4 rings (SSSR count). The Kier molecular flexibility index (Phi) is 4.09. The summed E-state index contributed by atoms with van der Waals surface area (Å²) in [5, 5.41) is 17.1. The average Bonchev–Trinajstić information content (AvgIpc) is 3.30. The fourth-order valence-electron chi connectivity index (χ4n) is 3.01. The average molecular weight is 336 g/mol. The van der Waals surface area contributed by atoms with Crippen molar-refractivity contribution in [2.45, 2.75) is 25.6 Å². The zero-order chi connectivity index (χ0) is 17.2. The minimum atomic E-state index is 0.0963. The molecule has 0 radical (unpaired) electrons. The molecule has 128 valence electrons. The lowest BCUT2D eigenvalue weighted by Gasteiger charge is -2.16. The van der Waals surface area contributed by atoms with Gasteiger partial charge in [0.05, 0.1) is 12.2 Å². The number of pyridine rings is 1. The van der Waals surface area contributed by atoms with Crippen LogP contribution in [0.5, 0.6) is 5.75 Å². The Labute approximate surface area is 145 Å². The van der Waals surface area contributed by atoms with E-state index in [0.29, 0.717) is 0 Å². The number of aromatic hydroxyl groups is 1. The molecule has 7 nitrogen and oxygen atoms in total. The number of rotatable bonds is 4. The van der Waals surface area contributed by atoms with Gasteiger partial charge in [-0.3, -0.25) is 0 Å². The van der Waals surface area contributed by atoms with Gasteiger partial charge in [0, 0.05) is 30.7 Å². The zero-order valence-electron chi connectivity index (χ0n) is 13.8. The number of aryl methyl sites for hydroxylation is 1. The first kappa shape index (κ1) is 15.6. The number of hydrogen-bond acceptors (Lipinski definition) is 6. The van der Waals surface area contributed by atoms with Crippen LogP contribution < -0.4 is 16.2 Å². The summed E-state index contributed by atoms with van der Waals surface area (Å²) in [6.45, 7) is 1.97. The fraction of sp³-hybridized carbons (Fsp3) is 0.222. The summed E-state index contributed by atoms with van der Waals surface area (Å²) in [7, 11) is 0. The molecular weight excluding hydrogens is 316 g/mol.